The number of rotatable bonds is 4. The second-order valence-corrected chi connectivity index (χ2v) is 11.3. The number of benzene rings is 8. The largest absolute Gasteiger partial charge is 0.456 e. The van der Waals surface area contributed by atoms with E-state index >= 15 is 0 Å². The first-order chi connectivity index (χ1) is 24.4. The van der Waals surface area contributed by atoms with Crippen molar-refractivity contribution in [1.82, 2.24) is 0 Å². The lowest BCUT2D eigenvalue weighted by Gasteiger charge is -2.18. The summed E-state index contributed by atoms with van der Waals surface area (Å²) in [6.45, 7) is 0. The zero-order valence-electron chi connectivity index (χ0n) is 29.2. The zero-order valence-corrected chi connectivity index (χ0v) is 24.2. The van der Waals surface area contributed by atoms with E-state index in [-0.39, 0.29) is 29.7 Å². The minimum absolute atomic E-state index is 0.193. The molecule has 0 saturated carbocycles. The van der Waals surface area contributed by atoms with Crippen LogP contribution in [0.15, 0.2) is 174 Å². The molecule has 0 saturated heterocycles. The number of hydrogen-bond donors (Lipinski definition) is 0. The Bertz CT molecular complexity index is 2730. The third kappa shape index (κ3) is 4.24. The molecule has 1 heterocycles. The molecule has 0 radical (unpaired) electrons. The first-order valence-electron chi connectivity index (χ1n) is 17.5. The molecule has 8 aromatic carbocycles. The van der Waals surface area contributed by atoms with Gasteiger partial charge in [0.25, 0.3) is 0 Å². The fourth-order valence-electron chi connectivity index (χ4n) is 6.72. The molecule has 0 N–H and O–H groups in total. The van der Waals surface area contributed by atoms with E-state index < -0.39 is 6.04 Å². The van der Waals surface area contributed by atoms with Gasteiger partial charge in [-0.1, -0.05) is 139 Å². The predicted molar refractivity (Wildman–Crippen MR) is 190 cm³/mol. The molecular weight excluding hydrogens is 544 g/mol. The SMILES string of the molecule is [2H]c1c([2H])c([2H])c(-c2cccc(-c3c4ccccc4c(-c4ccc5c(c4)oc4cc(-c6ccccc6)ccc45)c4ccccc34)c2)c([2H])c1[2H]. The second kappa shape index (κ2) is 10.4. The molecule has 0 aliphatic heterocycles. The highest BCUT2D eigenvalue weighted by Gasteiger charge is 2.18. The summed E-state index contributed by atoms with van der Waals surface area (Å²) < 4.78 is 48.2. The van der Waals surface area contributed by atoms with Gasteiger partial charge in [0.1, 0.15) is 11.2 Å². The van der Waals surface area contributed by atoms with Gasteiger partial charge in [-0.15, -0.1) is 0 Å². The molecule has 0 aliphatic rings. The van der Waals surface area contributed by atoms with Crippen LogP contribution in [0.25, 0.3) is 88.0 Å². The predicted octanol–water partition coefficient (Wildman–Crippen LogP) is 12.6. The first kappa shape index (κ1) is 20.9. The maximum Gasteiger partial charge on any atom is 0.136 e. The molecule has 45 heavy (non-hydrogen) atoms. The summed E-state index contributed by atoms with van der Waals surface area (Å²) in [5, 5.41) is 6.41. The van der Waals surface area contributed by atoms with Crippen molar-refractivity contribution in [2.24, 2.45) is 0 Å². The third-order valence-corrected chi connectivity index (χ3v) is 8.74. The topological polar surface area (TPSA) is 13.1 Å². The Labute approximate surface area is 268 Å². The molecule has 0 aliphatic carbocycles. The quantitative estimate of drug-likeness (QED) is 0.190. The first-order valence-corrected chi connectivity index (χ1v) is 15.0. The second-order valence-electron chi connectivity index (χ2n) is 11.3. The standard InChI is InChI=1S/C44H28O/c1-3-12-29(13-4-1)31-16-11-17-33(26-31)43-37-18-7-9-20-39(37)44(40-21-10-8-19-38(40)43)34-23-25-36-35-24-22-32(30-14-5-2-6-15-30)27-41(35)45-42(36)28-34/h1-28H/i1D,3D,4D,12D,13D. The summed E-state index contributed by atoms with van der Waals surface area (Å²) in [5.74, 6) is 0. The van der Waals surface area contributed by atoms with Gasteiger partial charge in [-0.25, -0.2) is 0 Å². The minimum atomic E-state index is -0.398. The van der Waals surface area contributed by atoms with Crippen LogP contribution in [0.2, 0.25) is 0 Å². The lowest BCUT2D eigenvalue weighted by Crippen LogP contribution is -1.91. The highest BCUT2D eigenvalue weighted by Crippen LogP contribution is 2.45. The van der Waals surface area contributed by atoms with Crippen molar-refractivity contribution in [2.45, 2.75) is 0 Å². The van der Waals surface area contributed by atoms with Crippen LogP contribution in [0.4, 0.5) is 0 Å². The summed E-state index contributed by atoms with van der Waals surface area (Å²) >= 11 is 0. The van der Waals surface area contributed by atoms with Crippen molar-refractivity contribution in [3.63, 3.8) is 0 Å². The number of hydrogen-bond acceptors (Lipinski definition) is 1. The average molecular weight is 578 g/mol. The van der Waals surface area contributed by atoms with Crippen LogP contribution in [-0.4, -0.2) is 0 Å². The number of furan rings is 1. The zero-order chi connectivity index (χ0) is 34.1. The van der Waals surface area contributed by atoms with Gasteiger partial charge in [-0.05, 0) is 96.4 Å². The van der Waals surface area contributed by atoms with Gasteiger partial charge in [0.2, 0.25) is 0 Å². The summed E-state index contributed by atoms with van der Waals surface area (Å²) in [7, 11) is 0. The van der Waals surface area contributed by atoms with E-state index in [1.807, 2.05) is 54.6 Å². The fraction of sp³-hybridized carbons (Fsp3) is 0. The van der Waals surface area contributed by atoms with Crippen LogP contribution in [0, 0.1) is 0 Å². The molecule has 0 amide bonds. The van der Waals surface area contributed by atoms with Crippen LogP contribution in [0.5, 0.6) is 0 Å². The maximum absolute atomic E-state index is 8.60. The summed E-state index contributed by atoms with van der Waals surface area (Å²) in [6.07, 6.45) is 0. The van der Waals surface area contributed by atoms with Crippen LogP contribution in [0.1, 0.15) is 6.85 Å². The van der Waals surface area contributed by atoms with Crippen molar-refractivity contribution in [3.8, 4) is 44.5 Å². The Morgan fingerprint density at radius 3 is 1.42 bits per heavy atom. The van der Waals surface area contributed by atoms with Gasteiger partial charge in [-0.2, -0.15) is 0 Å². The minimum Gasteiger partial charge on any atom is -0.456 e. The van der Waals surface area contributed by atoms with E-state index in [1.54, 1.807) is 0 Å². The summed E-state index contributed by atoms with van der Waals surface area (Å²) in [4.78, 5) is 0. The maximum atomic E-state index is 8.60. The highest BCUT2D eigenvalue weighted by atomic mass is 16.3. The smallest absolute Gasteiger partial charge is 0.136 e. The van der Waals surface area contributed by atoms with Gasteiger partial charge in [-0.3, -0.25) is 0 Å². The molecule has 1 aromatic heterocycles. The van der Waals surface area contributed by atoms with Crippen molar-refractivity contribution in [2.75, 3.05) is 0 Å². The van der Waals surface area contributed by atoms with Gasteiger partial charge >= 0.3 is 0 Å². The molecule has 0 unspecified atom stereocenters. The molecule has 210 valence electrons. The van der Waals surface area contributed by atoms with E-state index in [0.717, 1.165) is 76.9 Å². The monoisotopic (exact) mass is 577 g/mol. The Morgan fingerprint density at radius 2 is 0.800 bits per heavy atom. The van der Waals surface area contributed by atoms with Crippen LogP contribution in [-0.2, 0) is 0 Å². The van der Waals surface area contributed by atoms with Gasteiger partial charge in [0.15, 0.2) is 0 Å². The van der Waals surface area contributed by atoms with E-state index in [0.29, 0.717) is 5.56 Å². The molecule has 0 fully saturated rings. The normalized spacial score (nSPS) is 13.1. The van der Waals surface area contributed by atoms with Crippen molar-refractivity contribution in [3.05, 3.63) is 170 Å². The van der Waals surface area contributed by atoms with Crippen molar-refractivity contribution in [1.29, 1.82) is 0 Å². The summed E-state index contributed by atoms with van der Waals surface area (Å²) in [5.41, 5.74) is 8.77. The van der Waals surface area contributed by atoms with E-state index in [2.05, 4.69) is 84.9 Å². The fourth-order valence-corrected chi connectivity index (χ4v) is 6.72. The molecule has 0 spiro atoms. The van der Waals surface area contributed by atoms with Crippen LogP contribution < -0.4 is 0 Å². The lowest BCUT2D eigenvalue weighted by molar-refractivity contribution is 0.669. The molecular formula is C44H28O. The van der Waals surface area contributed by atoms with Gasteiger partial charge in [0.05, 0.1) is 6.85 Å². The van der Waals surface area contributed by atoms with Crippen LogP contribution >= 0.6 is 0 Å². The van der Waals surface area contributed by atoms with E-state index in [1.165, 1.54) is 0 Å². The van der Waals surface area contributed by atoms with Gasteiger partial charge < -0.3 is 4.42 Å². The van der Waals surface area contributed by atoms with Crippen LogP contribution in [0.3, 0.4) is 0 Å². The third-order valence-electron chi connectivity index (χ3n) is 8.74. The molecule has 1 nitrogen and oxygen atoms in total. The molecule has 0 atom stereocenters. The average Bonchev–Trinajstić information content (AvgIpc) is 3.53. The summed E-state index contributed by atoms with van der Waals surface area (Å²) in [6, 6.07) is 46.1. The molecule has 0 bridgehead atoms. The Morgan fingerprint density at radius 1 is 0.333 bits per heavy atom. The Balaban J connectivity index is 1.25. The molecule has 9 aromatic rings. The molecule has 9 rings (SSSR count). The van der Waals surface area contributed by atoms with E-state index in [4.69, 9.17) is 11.3 Å². The molecule has 1 heteroatoms. The highest BCUT2D eigenvalue weighted by molar-refractivity contribution is 6.22. The van der Waals surface area contributed by atoms with E-state index in [9.17, 15) is 0 Å². The van der Waals surface area contributed by atoms with Gasteiger partial charge in [0, 0.05) is 10.8 Å². The Hall–Kier alpha value is -5.92. The Kier molecular flexibility index (Phi) is 4.81. The van der Waals surface area contributed by atoms with Crippen molar-refractivity contribution < 1.29 is 11.3 Å². The number of fused-ring (bicyclic) bond motifs is 5. The van der Waals surface area contributed by atoms with Crippen molar-refractivity contribution >= 4 is 43.5 Å². The lowest BCUT2D eigenvalue weighted by atomic mass is 9.85.